The number of para-hydroxylation sites is 1. The molecule has 23 heavy (non-hydrogen) atoms. The Morgan fingerprint density at radius 3 is 2.96 bits per heavy atom. The zero-order valence-electron chi connectivity index (χ0n) is 12.4. The first-order chi connectivity index (χ1) is 11.2. The molecule has 0 saturated carbocycles. The second-order valence-corrected chi connectivity index (χ2v) is 5.33. The van der Waals surface area contributed by atoms with Gasteiger partial charge in [0.1, 0.15) is 11.3 Å². The predicted molar refractivity (Wildman–Crippen MR) is 85.1 cm³/mol. The number of carbonyl (C=O) groups excluding carboxylic acids is 1. The summed E-state index contributed by atoms with van der Waals surface area (Å²) in [7, 11) is 0. The molecule has 0 radical (unpaired) electrons. The van der Waals surface area contributed by atoms with Crippen LogP contribution in [0.25, 0.3) is 16.6 Å². The largest absolute Gasteiger partial charge is 0.459 e. The summed E-state index contributed by atoms with van der Waals surface area (Å²) in [5.41, 5.74) is 1.77. The van der Waals surface area contributed by atoms with Crippen LogP contribution in [0.4, 0.5) is 0 Å². The summed E-state index contributed by atoms with van der Waals surface area (Å²) >= 11 is 0. The summed E-state index contributed by atoms with van der Waals surface area (Å²) in [6, 6.07) is 12.8. The second-order valence-electron chi connectivity index (χ2n) is 5.33. The van der Waals surface area contributed by atoms with Gasteiger partial charge in [0.25, 0.3) is 5.91 Å². The third-order valence-corrected chi connectivity index (χ3v) is 3.69. The van der Waals surface area contributed by atoms with Gasteiger partial charge in [0, 0.05) is 23.8 Å². The van der Waals surface area contributed by atoms with Crippen LogP contribution < -0.4 is 5.32 Å². The number of rotatable bonds is 3. The van der Waals surface area contributed by atoms with E-state index in [2.05, 4.69) is 15.4 Å². The first-order valence-corrected chi connectivity index (χ1v) is 7.30. The minimum atomic E-state index is -0.261. The normalized spacial score (nSPS) is 12.6. The van der Waals surface area contributed by atoms with E-state index in [0.717, 1.165) is 11.0 Å². The van der Waals surface area contributed by atoms with Gasteiger partial charge >= 0.3 is 0 Å². The molecule has 0 aliphatic heterocycles. The molecule has 6 nitrogen and oxygen atoms in total. The Morgan fingerprint density at radius 1 is 1.26 bits per heavy atom. The van der Waals surface area contributed by atoms with Gasteiger partial charge in [0.05, 0.1) is 6.04 Å². The van der Waals surface area contributed by atoms with Crippen LogP contribution in [0.2, 0.25) is 0 Å². The molecule has 3 heterocycles. The fourth-order valence-electron chi connectivity index (χ4n) is 2.50. The molecule has 0 aliphatic carbocycles. The van der Waals surface area contributed by atoms with Crippen molar-refractivity contribution in [3.05, 3.63) is 66.3 Å². The molecular weight excluding hydrogens is 292 g/mol. The third-order valence-electron chi connectivity index (χ3n) is 3.69. The van der Waals surface area contributed by atoms with Crippen LogP contribution in [0.1, 0.15) is 29.2 Å². The van der Waals surface area contributed by atoms with E-state index < -0.39 is 0 Å². The molecular formula is C17H14N4O2. The first kappa shape index (κ1) is 13.5. The van der Waals surface area contributed by atoms with Crippen molar-refractivity contribution < 1.29 is 9.21 Å². The van der Waals surface area contributed by atoms with E-state index in [1.54, 1.807) is 29.0 Å². The van der Waals surface area contributed by atoms with E-state index in [4.69, 9.17) is 4.42 Å². The quantitative estimate of drug-likeness (QED) is 0.631. The van der Waals surface area contributed by atoms with Crippen molar-refractivity contribution in [3.63, 3.8) is 0 Å². The van der Waals surface area contributed by atoms with Crippen LogP contribution in [0.15, 0.2) is 59.3 Å². The van der Waals surface area contributed by atoms with Crippen LogP contribution in [0.3, 0.4) is 0 Å². The fourth-order valence-corrected chi connectivity index (χ4v) is 2.50. The number of carbonyl (C=O) groups is 1. The Kier molecular flexibility index (Phi) is 3.08. The van der Waals surface area contributed by atoms with Gasteiger partial charge in [-0.15, -0.1) is 0 Å². The molecule has 0 bridgehead atoms. The molecule has 0 aliphatic rings. The summed E-state index contributed by atoms with van der Waals surface area (Å²) in [5.74, 6) is 0.449. The second kappa shape index (κ2) is 5.24. The number of hydrogen-bond acceptors (Lipinski definition) is 4. The van der Waals surface area contributed by atoms with Gasteiger partial charge in [0.15, 0.2) is 11.3 Å². The first-order valence-electron chi connectivity index (χ1n) is 7.30. The molecule has 0 fully saturated rings. The lowest BCUT2D eigenvalue weighted by Crippen LogP contribution is -2.26. The summed E-state index contributed by atoms with van der Waals surface area (Å²) < 4.78 is 7.34. The van der Waals surface area contributed by atoms with Gasteiger partial charge in [-0.25, -0.2) is 9.50 Å². The van der Waals surface area contributed by atoms with Gasteiger partial charge in [-0.1, -0.05) is 18.2 Å². The lowest BCUT2D eigenvalue weighted by molar-refractivity contribution is 0.0930. The van der Waals surface area contributed by atoms with E-state index in [0.29, 0.717) is 17.1 Å². The highest BCUT2D eigenvalue weighted by Crippen LogP contribution is 2.23. The molecule has 1 aromatic carbocycles. The smallest absolute Gasteiger partial charge is 0.272 e. The topological polar surface area (TPSA) is 72.4 Å². The number of benzene rings is 1. The van der Waals surface area contributed by atoms with E-state index in [-0.39, 0.29) is 11.9 Å². The van der Waals surface area contributed by atoms with Gasteiger partial charge < -0.3 is 9.73 Å². The number of fused-ring (bicyclic) bond motifs is 2. The Morgan fingerprint density at radius 2 is 2.13 bits per heavy atom. The van der Waals surface area contributed by atoms with E-state index in [1.807, 2.05) is 37.3 Å². The third kappa shape index (κ3) is 2.44. The highest BCUT2D eigenvalue weighted by Gasteiger charge is 2.17. The standard InChI is InChI=1S/C17H14N4O2/c1-11(15-9-12-5-2-3-6-14(12)23-15)19-17(22)13-10-16-18-7-4-8-21(16)20-13/h2-11H,1H3,(H,19,22). The SMILES string of the molecule is CC(NC(=O)c1cc2ncccn2n1)c1cc2ccccc2o1. The lowest BCUT2D eigenvalue weighted by Gasteiger charge is -2.09. The number of nitrogens with one attached hydrogen (secondary N) is 1. The van der Waals surface area contributed by atoms with E-state index in [1.165, 1.54) is 0 Å². The van der Waals surface area contributed by atoms with Gasteiger partial charge in [0.2, 0.25) is 0 Å². The molecule has 4 rings (SSSR count). The monoisotopic (exact) mass is 306 g/mol. The van der Waals surface area contributed by atoms with E-state index in [9.17, 15) is 4.79 Å². The molecule has 1 amide bonds. The molecule has 4 aromatic rings. The number of furan rings is 1. The van der Waals surface area contributed by atoms with Crippen molar-refractivity contribution in [1.82, 2.24) is 19.9 Å². The van der Waals surface area contributed by atoms with Crippen LogP contribution in [0.5, 0.6) is 0 Å². The lowest BCUT2D eigenvalue weighted by atomic mass is 10.2. The molecule has 6 heteroatoms. The number of aromatic nitrogens is 3. The van der Waals surface area contributed by atoms with Crippen molar-refractivity contribution in [1.29, 1.82) is 0 Å². The van der Waals surface area contributed by atoms with Crippen molar-refractivity contribution in [2.24, 2.45) is 0 Å². The maximum atomic E-state index is 12.4. The molecule has 0 saturated heterocycles. The highest BCUT2D eigenvalue weighted by molar-refractivity contribution is 5.93. The van der Waals surface area contributed by atoms with Gasteiger partial charge in [-0.3, -0.25) is 4.79 Å². The van der Waals surface area contributed by atoms with Crippen LogP contribution in [0, 0.1) is 0 Å². The summed E-state index contributed by atoms with van der Waals surface area (Å²) in [5, 5.41) is 8.13. The van der Waals surface area contributed by atoms with Crippen LogP contribution in [-0.4, -0.2) is 20.5 Å². The van der Waals surface area contributed by atoms with Crippen molar-refractivity contribution in [2.75, 3.05) is 0 Å². The Balaban J connectivity index is 1.57. The average Bonchev–Trinajstić information content (AvgIpc) is 3.18. The highest BCUT2D eigenvalue weighted by atomic mass is 16.3. The summed E-state index contributed by atoms with van der Waals surface area (Å²) in [4.78, 5) is 16.5. The summed E-state index contributed by atoms with van der Waals surface area (Å²) in [6.45, 7) is 1.88. The predicted octanol–water partition coefficient (Wildman–Crippen LogP) is 2.97. The Bertz CT molecular complexity index is 936. The zero-order valence-corrected chi connectivity index (χ0v) is 12.4. The minimum Gasteiger partial charge on any atom is -0.459 e. The number of hydrogen-bond donors (Lipinski definition) is 1. The maximum absolute atomic E-state index is 12.4. The Hall–Kier alpha value is -3.15. The molecule has 3 aromatic heterocycles. The zero-order chi connectivity index (χ0) is 15.8. The number of amides is 1. The summed E-state index contributed by atoms with van der Waals surface area (Å²) in [6.07, 6.45) is 3.41. The molecule has 0 spiro atoms. The van der Waals surface area contributed by atoms with Gasteiger partial charge in [-0.2, -0.15) is 5.10 Å². The molecule has 114 valence electrons. The van der Waals surface area contributed by atoms with Crippen molar-refractivity contribution in [3.8, 4) is 0 Å². The van der Waals surface area contributed by atoms with E-state index >= 15 is 0 Å². The number of nitrogens with zero attached hydrogens (tertiary/aromatic N) is 3. The fraction of sp³-hybridized carbons (Fsp3) is 0.118. The molecule has 1 atom stereocenters. The van der Waals surface area contributed by atoms with Crippen LogP contribution in [-0.2, 0) is 0 Å². The van der Waals surface area contributed by atoms with Crippen molar-refractivity contribution in [2.45, 2.75) is 13.0 Å². The maximum Gasteiger partial charge on any atom is 0.272 e. The minimum absolute atomic E-state index is 0.257. The average molecular weight is 306 g/mol. The van der Waals surface area contributed by atoms with Crippen LogP contribution >= 0.6 is 0 Å². The van der Waals surface area contributed by atoms with Gasteiger partial charge in [-0.05, 0) is 25.1 Å². The molecule has 1 N–H and O–H groups in total. The molecule has 1 unspecified atom stereocenters. The van der Waals surface area contributed by atoms with Crippen molar-refractivity contribution >= 4 is 22.5 Å². The Labute approximate surface area is 131 Å².